The van der Waals surface area contributed by atoms with E-state index in [0.29, 0.717) is 29.6 Å². The fraction of sp³-hybridized carbons (Fsp3) is 0.667. The minimum Gasteiger partial charge on any atom is -0.454 e. The standard InChI is InChI=1S/C18H25N3O4/c22-21(23)16-11-18-17(24-13-25-18)10-14(16)12-19-8-4-15(5-9-19)20-6-2-1-3-7-20/h10-11,15H,1-9,12-13H2. The monoisotopic (exact) mass is 347 g/mol. The molecule has 25 heavy (non-hydrogen) atoms. The lowest BCUT2D eigenvalue weighted by atomic mass is 9.99. The van der Waals surface area contributed by atoms with E-state index in [1.54, 1.807) is 6.07 Å². The molecule has 0 aromatic heterocycles. The van der Waals surface area contributed by atoms with E-state index in [-0.39, 0.29) is 17.4 Å². The van der Waals surface area contributed by atoms with Crippen molar-refractivity contribution < 1.29 is 14.4 Å². The molecule has 0 saturated carbocycles. The molecule has 0 radical (unpaired) electrons. The minimum absolute atomic E-state index is 0.127. The number of benzene rings is 1. The van der Waals surface area contributed by atoms with Crippen LogP contribution in [0.3, 0.4) is 0 Å². The van der Waals surface area contributed by atoms with Crippen molar-refractivity contribution in [3.63, 3.8) is 0 Å². The van der Waals surface area contributed by atoms with Crippen molar-refractivity contribution in [1.82, 2.24) is 9.80 Å². The third-order valence-corrected chi connectivity index (χ3v) is 5.63. The Kier molecular flexibility index (Phi) is 4.76. The van der Waals surface area contributed by atoms with Gasteiger partial charge in [0.25, 0.3) is 5.69 Å². The topological polar surface area (TPSA) is 68.1 Å². The van der Waals surface area contributed by atoms with Crippen LogP contribution in [0, 0.1) is 10.1 Å². The second-order valence-electron chi connectivity index (χ2n) is 7.20. The third-order valence-electron chi connectivity index (χ3n) is 5.63. The van der Waals surface area contributed by atoms with Gasteiger partial charge in [0.15, 0.2) is 11.5 Å². The Bertz CT molecular complexity index is 637. The molecule has 0 bridgehead atoms. The minimum atomic E-state index is -0.322. The summed E-state index contributed by atoms with van der Waals surface area (Å²) in [5.41, 5.74) is 0.841. The van der Waals surface area contributed by atoms with Crippen LogP contribution in [0.5, 0.6) is 11.5 Å². The molecule has 136 valence electrons. The number of nitrogens with zero attached hydrogens (tertiary/aromatic N) is 3. The number of hydrogen-bond acceptors (Lipinski definition) is 6. The van der Waals surface area contributed by atoms with E-state index in [0.717, 1.165) is 25.9 Å². The van der Waals surface area contributed by atoms with Gasteiger partial charge in [-0.05, 0) is 57.9 Å². The van der Waals surface area contributed by atoms with E-state index in [2.05, 4.69) is 9.80 Å². The molecular formula is C18H25N3O4. The van der Waals surface area contributed by atoms with Crippen molar-refractivity contribution in [1.29, 1.82) is 0 Å². The van der Waals surface area contributed by atoms with Crippen LogP contribution in [-0.2, 0) is 6.54 Å². The van der Waals surface area contributed by atoms with Gasteiger partial charge in [-0.3, -0.25) is 15.0 Å². The maximum absolute atomic E-state index is 11.4. The summed E-state index contributed by atoms with van der Waals surface area (Å²) in [7, 11) is 0. The maximum Gasteiger partial charge on any atom is 0.277 e. The molecule has 2 saturated heterocycles. The van der Waals surface area contributed by atoms with E-state index >= 15 is 0 Å². The highest BCUT2D eigenvalue weighted by molar-refractivity contribution is 5.55. The summed E-state index contributed by atoms with van der Waals surface area (Å²) >= 11 is 0. The van der Waals surface area contributed by atoms with Crippen LogP contribution in [0.15, 0.2) is 12.1 Å². The number of fused-ring (bicyclic) bond motifs is 1. The molecule has 0 spiro atoms. The summed E-state index contributed by atoms with van der Waals surface area (Å²) in [5.74, 6) is 1.09. The molecule has 7 heteroatoms. The molecule has 7 nitrogen and oxygen atoms in total. The van der Waals surface area contributed by atoms with E-state index in [1.807, 2.05) is 0 Å². The van der Waals surface area contributed by atoms with E-state index < -0.39 is 0 Å². The normalized spacial score (nSPS) is 22.2. The molecule has 3 aliphatic rings. The van der Waals surface area contributed by atoms with Crippen molar-refractivity contribution in [2.45, 2.75) is 44.7 Å². The first-order valence-electron chi connectivity index (χ1n) is 9.24. The number of nitro benzene ring substituents is 1. The number of hydrogen-bond donors (Lipinski definition) is 0. The SMILES string of the molecule is O=[N+]([O-])c1cc2c(cc1CN1CCC(N3CCCCC3)CC1)OCO2. The van der Waals surface area contributed by atoms with Crippen LogP contribution in [-0.4, -0.2) is 53.7 Å². The zero-order chi connectivity index (χ0) is 17.2. The Labute approximate surface area is 147 Å². The predicted molar refractivity (Wildman–Crippen MR) is 92.9 cm³/mol. The van der Waals surface area contributed by atoms with Gasteiger partial charge < -0.3 is 14.4 Å². The Morgan fingerprint density at radius 2 is 1.72 bits per heavy atom. The van der Waals surface area contributed by atoms with E-state index in [1.165, 1.54) is 38.4 Å². The van der Waals surface area contributed by atoms with Gasteiger partial charge in [0.05, 0.1) is 11.0 Å². The van der Waals surface area contributed by atoms with Crippen molar-refractivity contribution >= 4 is 5.69 Å². The highest BCUT2D eigenvalue weighted by Crippen LogP contribution is 2.38. The molecule has 2 fully saturated rings. The fourth-order valence-electron chi connectivity index (χ4n) is 4.24. The first-order chi connectivity index (χ1) is 12.2. The lowest BCUT2D eigenvalue weighted by molar-refractivity contribution is -0.385. The number of piperidine rings is 2. The fourth-order valence-corrected chi connectivity index (χ4v) is 4.24. The molecule has 4 rings (SSSR count). The Morgan fingerprint density at radius 3 is 2.40 bits per heavy atom. The Hall–Kier alpha value is -1.86. The lowest BCUT2D eigenvalue weighted by Gasteiger charge is -2.40. The van der Waals surface area contributed by atoms with Crippen molar-refractivity contribution in [2.75, 3.05) is 33.0 Å². The zero-order valence-electron chi connectivity index (χ0n) is 14.5. The van der Waals surface area contributed by atoms with Gasteiger partial charge in [0, 0.05) is 18.2 Å². The first kappa shape index (κ1) is 16.6. The Morgan fingerprint density at radius 1 is 1.04 bits per heavy atom. The average molecular weight is 347 g/mol. The Balaban J connectivity index is 1.40. The summed E-state index contributed by atoms with van der Waals surface area (Å²) in [6.45, 7) is 5.19. The van der Waals surface area contributed by atoms with Gasteiger partial charge in [-0.2, -0.15) is 0 Å². The van der Waals surface area contributed by atoms with Gasteiger partial charge >= 0.3 is 0 Å². The van der Waals surface area contributed by atoms with Crippen LogP contribution >= 0.6 is 0 Å². The molecular weight excluding hydrogens is 322 g/mol. The van der Waals surface area contributed by atoms with Crippen molar-refractivity contribution in [2.24, 2.45) is 0 Å². The van der Waals surface area contributed by atoms with Gasteiger partial charge in [-0.15, -0.1) is 0 Å². The first-order valence-corrected chi connectivity index (χ1v) is 9.24. The van der Waals surface area contributed by atoms with Gasteiger partial charge in [0.2, 0.25) is 6.79 Å². The summed E-state index contributed by atoms with van der Waals surface area (Å²) in [6.07, 6.45) is 6.31. The van der Waals surface area contributed by atoms with Crippen LogP contribution < -0.4 is 9.47 Å². The molecule has 1 aromatic carbocycles. The molecule has 0 aliphatic carbocycles. The van der Waals surface area contributed by atoms with Crippen molar-refractivity contribution in [3.8, 4) is 11.5 Å². The van der Waals surface area contributed by atoms with E-state index in [9.17, 15) is 10.1 Å². The molecule has 1 aromatic rings. The van der Waals surface area contributed by atoms with Crippen LogP contribution in [0.1, 0.15) is 37.7 Å². The smallest absolute Gasteiger partial charge is 0.277 e. The number of ether oxygens (including phenoxy) is 2. The van der Waals surface area contributed by atoms with Gasteiger partial charge in [-0.1, -0.05) is 6.42 Å². The van der Waals surface area contributed by atoms with E-state index in [4.69, 9.17) is 9.47 Å². The van der Waals surface area contributed by atoms with Gasteiger partial charge in [-0.25, -0.2) is 0 Å². The second-order valence-corrected chi connectivity index (χ2v) is 7.20. The summed E-state index contributed by atoms with van der Waals surface area (Å²) in [6, 6.07) is 3.96. The summed E-state index contributed by atoms with van der Waals surface area (Å²) in [5, 5.41) is 11.4. The predicted octanol–water partition coefficient (Wildman–Crippen LogP) is 2.77. The zero-order valence-corrected chi connectivity index (χ0v) is 14.5. The van der Waals surface area contributed by atoms with Gasteiger partial charge in [0.1, 0.15) is 0 Å². The van der Waals surface area contributed by atoms with Crippen LogP contribution in [0.4, 0.5) is 5.69 Å². The number of nitro groups is 1. The quantitative estimate of drug-likeness (QED) is 0.616. The third kappa shape index (κ3) is 3.57. The second kappa shape index (κ2) is 7.17. The highest BCUT2D eigenvalue weighted by atomic mass is 16.7. The maximum atomic E-state index is 11.4. The average Bonchev–Trinajstić information content (AvgIpc) is 3.10. The number of likely N-dealkylation sites (tertiary alicyclic amines) is 2. The molecule has 0 unspecified atom stereocenters. The summed E-state index contributed by atoms with van der Waals surface area (Å²) < 4.78 is 10.7. The molecule has 0 amide bonds. The van der Waals surface area contributed by atoms with Crippen LogP contribution in [0.2, 0.25) is 0 Å². The van der Waals surface area contributed by atoms with Crippen LogP contribution in [0.25, 0.3) is 0 Å². The van der Waals surface area contributed by atoms with Crippen molar-refractivity contribution in [3.05, 3.63) is 27.8 Å². The largest absolute Gasteiger partial charge is 0.454 e. The molecule has 3 aliphatic heterocycles. The number of rotatable bonds is 4. The molecule has 3 heterocycles. The molecule has 0 N–H and O–H groups in total. The summed E-state index contributed by atoms with van der Waals surface area (Å²) in [4.78, 5) is 16.1. The molecule has 0 atom stereocenters. The lowest BCUT2D eigenvalue weighted by Crippen LogP contribution is -2.46. The highest BCUT2D eigenvalue weighted by Gasteiger charge is 2.28.